The lowest BCUT2D eigenvalue weighted by Crippen LogP contribution is -1.81. The van der Waals surface area contributed by atoms with Crippen molar-refractivity contribution in [3.63, 3.8) is 0 Å². The maximum Gasteiger partial charge on any atom is 0.0474 e. The second-order valence-corrected chi connectivity index (χ2v) is 4.66. The number of halogens is 1. The minimum absolute atomic E-state index is 0.567. The first-order valence-electron chi connectivity index (χ1n) is 6.01. The van der Waals surface area contributed by atoms with Gasteiger partial charge >= 0.3 is 0 Å². The fraction of sp³-hybridized carbons (Fsp3) is 0.0588. The van der Waals surface area contributed by atoms with Crippen LogP contribution in [0.4, 0.5) is 0 Å². The molecule has 0 saturated carbocycles. The summed E-state index contributed by atoms with van der Waals surface area (Å²) in [5.74, 6) is 0.567. The van der Waals surface area contributed by atoms with Crippen LogP contribution in [0.25, 0.3) is 21.9 Å². The second-order valence-electron chi connectivity index (χ2n) is 4.39. The number of hydrogen-bond acceptors (Lipinski definition) is 0. The molecule has 0 atom stereocenters. The number of alkyl halides is 1. The van der Waals surface area contributed by atoms with Gasteiger partial charge in [0.1, 0.15) is 0 Å². The van der Waals surface area contributed by atoms with Gasteiger partial charge in [0.2, 0.25) is 0 Å². The molecular weight excluding hydrogens is 240 g/mol. The van der Waals surface area contributed by atoms with E-state index in [1.807, 2.05) is 0 Å². The number of hydrogen-bond donors (Lipinski definition) is 0. The Bertz CT molecular complexity index is 669. The van der Waals surface area contributed by atoms with Gasteiger partial charge in [-0.2, -0.15) is 0 Å². The molecule has 0 fully saturated rings. The largest absolute Gasteiger partial charge is 0.122 e. The highest BCUT2D eigenvalue weighted by Gasteiger charge is 1.99. The van der Waals surface area contributed by atoms with Gasteiger partial charge in [0.05, 0.1) is 0 Å². The summed E-state index contributed by atoms with van der Waals surface area (Å²) < 4.78 is 0. The van der Waals surface area contributed by atoms with E-state index in [9.17, 15) is 0 Å². The van der Waals surface area contributed by atoms with Crippen molar-refractivity contribution in [2.24, 2.45) is 0 Å². The van der Waals surface area contributed by atoms with Gasteiger partial charge < -0.3 is 0 Å². The molecule has 0 amide bonds. The van der Waals surface area contributed by atoms with E-state index in [-0.39, 0.29) is 0 Å². The minimum Gasteiger partial charge on any atom is -0.122 e. The van der Waals surface area contributed by atoms with E-state index >= 15 is 0 Å². The molecule has 0 heterocycles. The van der Waals surface area contributed by atoms with Crippen LogP contribution in [0.2, 0.25) is 0 Å². The van der Waals surface area contributed by atoms with E-state index in [2.05, 4.69) is 66.7 Å². The smallest absolute Gasteiger partial charge is 0.0474 e. The molecule has 3 rings (SSSR count). The molecule has 1 heteroatoms. The van der Waals surface area contributed by atoms with Crippen LogP contribution in [-0.2, 0) is 5.88 Å². The summed E-state index contributed by atoms with van der Waals surface area (Å²) in [5.41, 5.74) is 3.63. The zero-order valence-electron chi connectivity index (χ0n) is 9.94. The molecule has 0 aromatic heterocycles. The molecule has 18 heavy (non-hydrogen) atoms. The highest BCUT2D eigenvalue weighted by Crippen LogP contribution is 2.24. The summed E-state index contributed by atoms with van der Waals surface area (Å²) >= 11 is 5.80. The maximum absolute atomic E-state index is 5.80. The summed E-state index contributed by atoms with van der Waals surface area (Å²) in [5, 5.41) is 2.55. The van der Waals surface area contributed by atoms with Crippen LogP contribution in [0.1, 0.15) is 5.56 Å². The molecule has 0 radical (unpaired) electrons. The van der Waals surface area contributed by atoms with Crippen LogP contribution in [-0.4, -0.2) is 0 Å². The van der Waals surface area contributed by atoms with Gasteiger partial charge in [0.15, 0.2) is 0 Å². The number of benzene rings is 3. The van der Waals surface area contributed by atoms with Gasteiger partial charge in [-0.3, -0.25) is 0 Å². The fourth-order valence-corrected chi connectivity index (χ4v) is 2.33. The minimum atomic E-state index is 0.567. The molecule has 0 saturated heterocycles. The van der Waals surface area contributed by atoms with Gasteiger partial charge in [0.25, 0.3) is 0 Å². The fourth-order valence-electron chi connectivity index (χ4n) is 2.16. The van der Waals surface area contributed by atoms with Crippen molar-refractivity contribution < 1.29 is 0 Å². The summed E-state index contributed by atoms with van der Waals surface area (Å²) in [6.07, 6.45) is 0. The zero-order valence-corrected chi connectivity index (χ0v) is 10.7. The molecular formula is C17H13Cl. The average molecular weight is 253 g/mol. The normalized spacial score (nSPS) is 10.7. The van der Waals surface area contributed by atoms with E-state index in [1.165, 1.54) is 21.9 Å². The third-order valence-electron chi connectivity index (χ3n) is 3.19. The summed E-state index contributed by atoms with van der Waals surface area (Å²) in [6.45, 7) is 0. The van der Waals surface area contributed by atoms with Gasteiger partial charge in [0, 0.05) is 5.88 Å². The summed E-state index contributed by atoms with van der Waals surface area (Å²) in [7, 11) is 0. The molecule has 0 N–H and O–H groups in total. The second kappa shape index (κ2) is 4.83. The molecule has 3 aromatic carbocycles. The van der Waals surface area contributed by atoms with E-state index in [0.717, 1.165) is 5.56 Å². The van der Waals surface area contributed by atoms with Gasteiger partial charge in [-0.05, 0) is 33.5 Å². The Morgan fingerprint density at radius 3 is 2.06 bits per heavy atom. The maximum atomic E-state index is 5.80. The Kier molecular flexibility index (Phi) is 3.04. The Hall–Kier alpha value is -1.79. The standard InChI is InChI=1S/C17H13Cl/c18-12-13-5-7-15(8-6-13)17-10-9-14-3-1-2-4-16(14)11-17/h1-11H,12H2. The molecule has 0 spiro atoms. The SMILES string of the molecule is ClCc1ccc(-c2ccc3ccccc3c2)cc1. The van der Waals surface area contributed by atoms with Crippen molar-refractivity contribution >= 4 is 22.4 Å². The molecule has 0 unspecified atom stereocenters. The molecule has 0 bridgehead atoms. The Morgan fingerprint density at radius 1 is 0.667 bits per heavy atom. The first-order valence-corrected chi connectivity index (χ1v) is 6.54. The van der Waals surface area contributed by atoms with Gasteiger partial charge in [-0.1, -0.05) is 60.7 Å². The topological polar surface area (TPSA) is 0 Å². The molecule has 0 aliphatic rings. The van der Waals surface area contributed by atoms with Crippen molar-refractivity contribution in [1.82, 2.24) is 0 Å². The molecule has 3 aromatic rings. The Morgan fingerprint density at radius 2 is 1.33 bits per heavy atom. The third kappa shape index (κ3) is 2.12. The van der Waals surface area contributed by atoms with Gasteiger partial charge in [-0.15, -0.1) is 11.6 Å². The first kappa shape index (κ1) is 11.3. The van der Waals surface area contributed by atoms with Crippen molar-refractivity contribution in [1.29, 1.82) is 0 Å². The van der Waals surface area contributed by atoms with Crippen LogP contribution in [0.3, 0.4) is 0 Å². The summed E-state index contributed by atoms with van der Waals surface area (Å²) in [4.78, 5) is 0. The van der Waals surface area contributed by atoms with Crippen LogP contribution in [0.5, 0.6) is 0 Å². The first-order chi connectivity index (χ1) is 8.86. The van der Waals surface area contributed by atoms with Crippen molar-refractivity contribution in [3.05, 3.63) is 72.3 Å². The highest BCUT2D eigenvalue weighted by atomic mass is 35.5. The van der Waals surface area contributed by atoms with Crippen LogP contribution in [0.15, 0.2) is 66.7 Å². The molecule has 0 aliphatic heterocycles. The van der Waals surface area contributed by atoms with E-state index in [1.54, 1.807) is 0 Å². The van der Waals surface area contributed by atoms with E-state index in [0.29, 0.717) is 5.88 Å². The van der Waals surface area contributed by atoms with Crippen LogP contribution >= 0.6 is 11.6 Å². The summed E-state index contributed by atoms with van der Waals surface area (Å²) in [6, 6.07) is 23.4. The Balaban J connectivity index is 2.07. The lowest BCUT2D eigenvalue weighted by Gasteiger charge is -2.05. The number of fused-ring (bicyclic) bond motifs is 1. The van der Waals surface area contributed by atoms with E-state index < -0.39 is 0 Å². The van der Waals surface area contributed by atoms with Crippen LogP contribution in [0, 0.1) is 0 Å². The van der Waals surface area contributed by atoms with E-state index in [4.69, 9.17) is 11.6 Å². The third-order valence-corrected chi connectivity index (χ3v) is 3.50. The monoisotopic (exact) mass is 252 g/mol. The number of rotatable bonds is 2. The molecule has 0 nitrogen and oxygen atoms in total. The predicted octanol–water partition coefficient (Wildman–Crippen LogP) is 5.25. The zero-order chi connectivity index (χ0) is 12.4. The lowest BCUT2D eigenvalue weighted by atomic mass is 10.0. The molecule has 0 aliphatic carbocycles. The van der Waals surface area contributed by atoms with Crippen molar-refractivity contribution in [3.8, 4) is 11.1 Å². The quantitative estimate of drug-likeness (QED) is 0.547. The average Bonchev–Trinajstić information content (AvgIpc) is 2.47. The van der Waals surface area contributed by atoms with Crippen molar-refractivity contribution in [2.75, 3.05) is 0 Å². The van der Waals surface area contributed by atoms with Gasteiger partial charge in [-0.25, -0.2) is 0 Å². The van der Waals surface area contributed by atoms with Crippen molar-refractivity contribution in [2.45, 2.75) is 5.88 Å². The Labute approximate surface area is 112 Å². The highest BCUT2D eigenvalue weighted by molar-refractivity contribution is 6.17. The lowest BCUT2D eigenvalue weighted by molar-refractivity contribution is 1.40. The predicted molar refractivity (Wildman–Crippen MR) is 78.9 cm³/mol. The van der Waals surface area contributed by atoms with Crippen LogP contribution < -0.4 is 0 Å². The molecule has 88 valence electrons.